The third-order valence-corrected chi connectivity index (χ3v) is 13.3. The molecule has 3 heteroatoms. The highest BCUT2D eigenvalue weighted by molar-refractivity contribution is 6.14. The Bertz CT molecular complexity index is 3820. The molecule has 0 radical (unpaired) electrons. The van der Waals surface area contributed by atoms with E-state index >= 15 is 0 Å². The first-order valence-electron chi connectivity index (χ1n) is 21.8. The van der Waals surface area contributed by atoms with Crippen LogP contribution in [0.15, 0.2) is 229 Å². The Balaban J connectivity index is 0.918. The molecule has 63 heavy (non-hydrogen) atoms. The Morgan fingerprint density at radius 3 is 1.81 bits per heavy atom. The molecular formula is C60H40N2O. The zero-order chi connectivity index (χ0) is 41.4. The van der Waals surface area contributed by atoms with Crippen LogP contribution < -0.4 is 0 Å². The molecule has 0 bridgehead atoms. The van der Waals surface area contributed by atoms with Gasteiger partial charge in [0.05, 0.1) is 27.8 Å². The molecule has 3 nitrogen and oxygen atoms in total. The lowest BCUT2D eigenvalue weighted by atomic mass is 9.85. The number of allylic oxidation sites excluding steroid dienone is 4. The first-order chi connectivity index (χ1) is 31.2. The van der Waals surface area contributed by atoms with Gasteiger partial charge in [-0.2, -0.15) is 0 Å². The second kappa shape index (κ2) is 14.2. The molecule has 3 aromatic heterocycles. The van der Waals surface area contributed by atoms with E-state index < -0.39 is 0 Å². The molecule has 12 aromatic rings. The Labute approximate surface area is 364 Å². The molecule has 0 saturated heterocycles. The van der Waals surface area contributed by atoms with Crippen LogP contribution in [0.1, 0.15) is 23.5 Å². The minimum absolute atomic E-state index is 0.313. The zero-order valence-corrected chi connectivity index (χ0v) is 34.4. The molecule has 13 rings (SSSR count). The van der Waals surface area contributed by atoms with E-state index in [2.05, 4.69) is 234 Å². The second-order valence-corrected chi connectivity index (χ2v) is 16.9. The van der Waals surface area contributed by atoms with E-state index in [4.69, 9.17) is 4.42 Å². The van der Waals surface area contributed by atoms with Crippen molar-refractivity contribution in [2.75, 3.05) is 0 Å². The number of benzene rings is 9. The van der Waals surface area contributed by atoms with Gasteiger partial charge < -0.3 is 13.6 Å². The van der Waals surface area contributed by atoms with Crippen LogP contribution in [0, 0.1) is 0 Å². The second-order valence-electron chi connectivity index (χ2n) is 16.9. The van der Waals surface area contributed by atoms with Gasteiger partial charge in [0.15, 0.2) is 5.58 Å². The lowest BCUT2D eigenvalue weighted by Gasteiger charge is -2.19. The first-order valence-corrected chi connectivity index (χ1v) is 21.8. The van der Waals surface area contributed by atoms with Crippen molar-refractivity contribution in [3.05, 3.63) is 236 Å². The molecule has 1 unspecified atom stereocenters. The lowest BCUT2D eigenvalue weighted by molar-refractivity contribution is 0.666. The first kappa shape index (κ1) is 35.6. The van der Waals surface area contributed by atoms with Crippen LogP contribution in [0.4, 0.5) is 0 Å². The van der Waals surface area contributed by atoms with Gasteiger partial charge in [0.25, 0.3) is 0 Å². The van der Waals surface area contributed by atoms with Crippen LogP contribution in [0.3, 0.4) is 0 Å². The van der Waals surface area contributed by atoms with E-state index in [9.17, 15) is 0 Å². The summed E-state index contributed by atoms with van der Waals surface area (Å²) in [5.41, 5.74) is 17.4. The molecule has 296 valence electrons. The highest BCUT2D eigenvalue weighted by Gasteiger charge is 2.21. The van der Waals surface area contributed by atoms with E-state index in [0.29, 0.717) is 5.92 Å². The van der Waals surface area contributed by atoms with Crippen molar-refractivity contribution in [1.82, 2.24) is 9.13 Å². The van der Waals surface area contributed by atoms with Gasteiger partial charge in [-0.25, -0.2) is 0 Å². The maximum absolute atomic E-state index is 6.88. The fourth-order valence-electron chi connectivity index (χ4n) is 10.3. The SMILES string of the molecule is C1=CC(c2ccc3c(c2)c2ccccc2n3-c2ccc3oc4c(-n5c6ccccc6c6cc(-c7cccc(-c8ccccc8)c7)ccc65)cccc4c3c2)CC(c2ccccc2)=C1. The predicted octanol–water partition coefficient (Wildman–Crippen LogP) is 16.2. The summed E-state index contributed by atoms with van der Waals surface area (Å²) in [6.45, 7) is 0. The fraction of sp³-hybridized carbons (Fsp3) is 0.0333. The van der Waals surface area contributed by atoms with Crippen LogP contribution in [0.25, 0.3) is 105 Å². The van der Waals surface area contributed by atoms with Gasteiger partial charge in [-0.05, 0) is 112 Å². The van der Waals surface area contributed by atoms with Crippen LogP contribution in [-0.2, 0) is 0 Å². The van der Waals surface area contributed by atoms with Crippen molar-refractivity contribution in [3.63, 3.8) is 0 Å². The Hall–Kier alpha value is -8.14. The fourth-order valence-corrected chi connectivity index (χ4v) is 10.3. The van der Waals surface area contributed by atoms with E-state index in [-0.39, 0.29) is 0 Å². The summed E-state index contributed by atoms with van der Waals surface area (Å²) in [7, 11) is 0. The number of fused-ring (bicyclic) bond motifs is 9. The van der Waals surface area contributed by atoms with Crippen molar-refractivity contribution in [3.8, 4) is 33.6 Å². The molecule has 0 aliphatic heterocycles. The maximum Gasteiger partial charge on any atom is 0.159 e. The summed E-state index contributed by atoms with van der Waals surface area (Å²) in [6, 6.07) is 75.0. The highest BCUT2D eigenvalue weighted by Crippen LogP contribution is 2.42. The summed E-state index contributed by atoms with van der Waals surface area (Å²) in [6.07, 6.45) is 7.82. The van der Waals surface area contributed by atoms with Gasteiger partial charge in [-0.3, -0.25) is 0 Å². The molecule has 0 fully saturated rings. The number of nitrogens with zero attached hydrogens (tertiary/aromatic N) is 2. The summed E-state index contributed by atoms with van der Waals surface area (Å²) in [5, 5.41) is 7.15. The summed E-state index contributed by atoms with van der Waals surface area (Å²) < 4.78 is 11.7. The average Bonchev–Trinajstić information content (AvgIpc) is 4.02. The van der Waals surface area contributed by atoms with Crippen molar-refractivity contribution >= 4 is 71.1 Å². The molecule has 3 heterocycles. The molecule has 0 amide bonds. The minimum atomic E-state index is 0.313. The molecule has 0 saturated carbocycles. The molecule has 1 atom stereocenters. The van der Waals surface area contributed by atoms with Crippen LogP contribution >= 0.6 is 0 Å². The molecule has 0 spiro atoms. The maximum atomic E-state index is 6.88. The number of furan rings is 1. The average molecular weight is 805 g/mol. The third-order valence-electron chi connectivity index (χ3n) is 13.3. The molecule has 9 aromatic carbocycles. The van der Waals surface area contributed by atoms with Crippen molar-refractivity contribution < 1.29 is 4.42 Å². The van der Waals surface area contributed by atoms with E-state index in [0.717, 1.165) is 50.8 Å². The Morgan fingerprint density at radius 1 is 0.397 bits per heavy atom. The van der Waals surface area contributed by atoms with Gasteiger partial charge in [-0.1, -0.05) is 158 Å². The van der Waals surface area contributed by atoms with Crippen LogP contribution in [0.5, 0.6) is 0 Å². The van der Waals surface area contributed by atoms with E-state index in [1.54, 1.807) is 0 Å². The Morgan fingerprint density at radius 2 is 1.00 bits per heavy atom. The van der Waals surface area contributed by atoms with E-state index in [1.165, 1.54) is 71.5 Å². The van der Waals surface area contributed by atoms with Gasteiger partial charge in [0, 0.05) is 43.9 Å². The highest BCUT2D eigenvalue weighted by atomic mass is 16.3. The van der Waals surface area contributed by atoms with Crippen molar-refractivity contribution in [2.24, 2.45) is 0 Å². The largest absolute Gasteiger partial charge is 0.454 e. The minimum Gasteiger partial charge on any atom is -0.454 e. The third kappa shape index (κ3) is 5.74. The monoisotopic (exact) mass is 804 g/mol. The van der Waals surface area contributed by atoms with Gasteiger partial charge in [0.1, 0.15) is 5.58 Å². The van der Waals surface area contributed by atoms with E-state index in [1.807, 2.05) is 0 Å². The number of rotatable bonds is 6. The summed E-state index contributed by atoms with van der Waals surface area (Å²) >= 11 is 0. The quantitative estimate of drug-likeness (QED) is 0.164. The molecule has 0 N–H and O–H groups in total. The summed E-state index contributed by atoms with van der Waals surface area (Å²) in [4.78, 5) is 0. The summed E-state index contributed by atoms with van der Waals surface area (Å²) in [5.74, 6) is 0.313. The number of hydrogen-bond donors (Lipinski definition) is 0. The normalized spacial score (nSPS) is 14.2. The Kier molecular flexibility index (Phi) is 8.04. The van der Waals surface area contributed by atoms with Gasteiger partial charge >= 0.3 is 0 Å². The smallest absolute Gasteiger partial charge is 0.159 e. The lowest BCUT2D eigenvalue weighted by Crippen LogP contribution is -2.01. The molecule has 1 aliphatic rings. The van der Waals surface area contributed by atoms with Crippen LogP contribution in [0.2, 0.25) is 0 Å². The van der Waals surface area contributed by atoms with Crippen molar-refractivity contribution in [2.45, 2.75) is 12.3 Å². The van der Waals surface area contributed by atoms with Crippen LogP contribution in [-0.4, -0.2) is 9.13 Å². The van der Waals surface area contributed by atoms with Gasteiger partial charge in [0.2, 0.25) is 0 Å². The molecular weight excluding hydrogens is 765 g/mol. The standard InChI is InChI=1S/C60H40N2O/c1-3-14-39(15-4-1)41-18-11-20-43(34-41)45-28-31-56-51(36-45)48-22-7-9-25-54(48)61(56)47-30-33-59-53(38-47)50-24-13-27-58(60(50)63-59)62-55-26-10-8-23-49(55)52-37-46(29-32-57(52)62)44-21-12-19-42(35-44)40-16-5-2-6-17-40/h1-33,35-38,43H,34H2. The number of aromatic nitrogens is 2. The predicted molar refractivity (Wildman–Crippen MR) is 264 cm³/mol. The molecule has 1 aliphatic carbocycles. The number of hydrogen-bond acceptors (Lipinski definition) is 1. The topological polar surface area (TPSA) is 23.0 Å². The zero-order valence-electron chi connectivity index (χ0n) is 34.4. The number of para-hydroxylation sites is 3. The van der Waals surface area contributed by atoms with Crippen molar-refractivity contribution in [1.29, 1.82) is 0 Å². The van der Waals surface area contributed by atoms with Gasteiger partial charge in [-0.15, -0.1) is 0 Å².